The lowest BCUT2D eigenvalue weighted by atomic mass is 9.92. The summed E-state index contributed by atoms with van der Waals surface area (Å²) in [7, 11) is 0. The van der Waals surface area contributed by atoms with E-state index in [0.717, 1.165) is 25.0 Å². The van der Waals surface area contributed by atoms with Gasteiger partial charge >= 0.3 is 6.18 Å². The van der Waals surface area contributed by atoms with Crippen molar-refractivity contribution in [1.29, 1.82) is 5.26 Å². The second-order valence-electron chi connectivity index (χ2n) is 9.64. The number of carbonyl (C=O) groups excluding carboxylic acids is 2. The molecule has 0 unspecified atom stereocenters. The Bertz CT molecular complexity index is 1130. The number of hydrogen-bond donors (Lipinski definition) is 3. The minimum absolute atomic E-state index is 0.150. The molecule has 0 bridgehead atoms. The number of nitrogens with one attached hydrogen (secondary N) is 2. The minimum Gasteiger partial charge on any atom is -0.369 e. The number of alkyl halides is 4. The number of nitriles is 1. The molecule has 0 spiro atoms. The first kappa shape index (κ1) is 27.1. The van der Waals surface area contributed by atoms with Gasteiger partial charge in [-0.2, -0.15) is 18.4 Å². The highest BCUT2D eigenvalue weighted by atomic mass is 19.4. The predicted octanol–water partition coefficient (Wildman–Crippen LogP) is 4.21. The molecule has 3 rings (SSSR count). The minimum atomic E-state index is -4.77. The summed E-state index contributed by atoms with van der Waals surface area (Å²) in [5.74, 6) is -1.27. The number of carbonyl (C=O) groups is 2. The Morgan fingerprint density at radius 3 is 1.97 bits per heavy atom. The van der Waals surface area contributed by atoms with Crippen LogP contribution in [-0.4, -0.2) is 36.2 Å². The summed E-state index contributed by atoms with van der Waals surface area (Å²) >= 11 is 0. The van der Waals surface area contributed by atoms with Crippen molar-refractivity contribution in [2.24, 2.45) is 5.73 Å². The summed E-state index contributed by atoms with van der Waals surface area (Å²) in [6.45, 7) is 1.92. The van der Waals surface area contributed by atoms with Crippen molar-refractivity contribution in [2.75, 3.05) is 6.54 Å². The van der Waals surface area contributed by atoms with E-state index in [1.54, 1.807) is 30.3 Å². The van der Waals surface area contributed by atoms with Crippen LogP contribution in [0.1, 0.15) is 50.3 Å². The standard InChI is InChI=1S/C26H28F4N4O2/c1-24(2,27)15-20(22(35)33-14-13-31)34-21(26(28,29)30)18-5-3-16(4-6-18)17-7-9-19(10-8-17)25(11-12-25)23(32)36/h3-10,20-21,34H,11-12,14-15H2,1-2H3,(H2,32,36)(H,33,35)/t20-,21-/m0/s1. The molecule has 2 aromatic rings. The highest BCUT2D eigenvalue weighted by Gasteiger charge is 2.50. The summed E-state index contributed by atoms with van der Waals surface area (Å²) in [6.07, 6.45) is -3.91. The summed E-state index contributed by atoms with van der Waals surface area (Å²) in [5, 5.41) is 13.1. The lowest BCUT2D eigenvalue weighted by Gasteiger charge is -2.29. The Labute approximate surface area is 206 Å². The Balaban J connectivity index is 1.83. The first-order chi connectivity index (χ1) is 16.8. The zero-order valence-electron chi connectivity index (χ0n) is 20.0. The van der Waals surface area contributed by atoms with Crippen LogP contribution in [0.5, 0.6) is 0 Å². The Morgan fingerprint density at radius 1 is 1.03 bits per heavy atom. The van der Waals surface area contributed by atoms with Gasteiger partial charge in [-0.3, -0.25) is 14.9 Å². The lowest BCUT2D eigenvalue weighted by molar-refractivity contribution is -0.161. The number of benzene rings is 2. The SMILES string of the molecule is CC(C)(F)C[C@H](N[C@@H](c1ccc(-c2ccc(C3(C(N)=O)CC3)cc2)cc1)C(F)(F)F)C(=O)NCC#N. The summed E-state index contributed by atoms with van der Waals surface area (Å²) in [6, 6.07) is 10.7. The molecule has 2 atom stereocenters. The second-order valence-corrected chi connectivity index (χ2v) is 9.64. The van der Waals surface area contributed by atoms with Gasteiger partial charge in [-0.25, -0.2) is 4.39 Å². The number of nitrogens with zero attached hydrogens (tertiary/aromatic N) is 1. The van der Waals surface area contributed by atoms with Gasteiger partial charge in [-0.15, -0.1) is 0 Å². The van der Waals surface area contributed by atoms with Gasteiger partial charge in [0.15, 0.2) is 0 Å². The van der Waals surface area contributed by atoms with Crippen molar-refractivity contribution >= 4 is 11.8 Å². The van der Waals surface area contributed by atoms with Gasteiger partial charge in [0, 0.05) is 6.42 Å². The third-order valence-corrected chi connectivity index (χ3v) is 6.28. The molecule has 0 aliphatic heterocycles. The largest absolute Gasteiger partial charge is 0.407 e. The number of primary amides is 1. The summed E-state index contributed by atoms with van der Waals surface area (Å²) in [4.78, 5) is 24.1. The lowest BCUT2D eigenvalue weighted by Crippen LogP contribution is -2.51. The number of amides is 2. The van der Waals surface area contributed by atoms with Crippen LogP contribution in [0.4, 0.5) is 17.6 Å². The highest BCUT2D eigenvalue weighted by Crippen LogP contribution is 2.48. The van der Waals surface area contributed by atoms with Crippen molar-refractivity contribution in [1.82, 2.24) is 10.6 Å². The first-order valence-electron chi connectivity index (χ1n) is 11.4. The van der Waals surface area contributed by atoms with E-state index >= 15 is 0 Å². The molecule has 2 aromatic carbocycles. The molecule has 0 aromatic heterocycles. The zero-order valence-corrected chi connectivity index (χ0v) is 20.0. The fourth-order valence-corrected chi connectivity index (χ4v) is 4.20. The highest BCUT2D eigenvalue weighted by molar-refractivity contribution is 5.90. The number of halogens is 4. The second kappa shape index (κ2) is 10.3. The van der Waals surface area contributed by atoms with E-state index in [0.29, 0.717) is 18.4 Å². The van der Waals surface area contributed by atoms with Crippen LogP contribution in [0.3, 0.4) is 0 Å². The Morgan fingerprint density at radius 2 is 1.56 bits per heavy atom. The van der Waals surface area contributed by atoms with Gasteiger partial charge in [0.2, 0.25) is 11.8 Å². The summed E-state index contributed by atoms with van der Waals surface area (Å²) < 4.78 is 56.2. The van der Waals surface area contributed by atoms with Crippen LogP contribution < -0.4 is 16.4 Å². The van der Waals surface area contributed by atoms with Crippen LogP contribution in [-0.2, 0) is 15.0 Å². The van der Waals surface area contributed by atoms with E-state index in [2.05, 4.69) is 10.6 Å². The van der Waals surface area contributed by atoms with Crippen molar-refractivity contribution in [3.63, 3.8) is 0 Å². The van der Waals surface area contributed by atoms with Gasteiger partial charge in [0.25, 0.3) is 0 Å². The normalized spacial score (nSPS) is 16.5. The molecule has 1 aliphatic carbocycles. The van der Waals surface area contributed by atoms with E-state index in [1.807, 2.05) is 0 Å². The van der Waals surface area contributed by atoms with Crippen molar-refractivity contribution in [2.45, 2.75) is 62.5 Å². The molecule has 1 saturated carbocycles. The van der Waals surface area contributed by atoms with Gasteiger partial charge in [0.05, 0.1) is 17.5 Å². The average molecular weight is 505 g/mol. The van der Waals surface area contributed by atoms with Gasteiger partial charge in [-0.1, -0.05) is 48.5 Å². The van der Waals surface area contributed by atoms with Gasteiger partial charge < -0.3 is 11.1 Å². The van der Waals surface area contributed by atoms with E-state index in [9.17, 15) is 27.2 Å². The maximum absolute atomic E-state index is 14.3. The quantitative estimate of drug-likeness (QED) is 0.333. The molecule has 192 valence electrons. The maximum Gasteiger partial charge on any atom is 0.407 e. The van der Waals surface area contributed by atoms with E-state index in [1.165, 1.54) is 24.3 Å². The van der Waals surface area contributed by atoms with Crippen LogP contribution in [0.15, 0.2) is 48.5 Å². The molecule has 0 heterocycles. The molecule has 36 heavy (non-hydrogen) atoms. The monoisotopic (exact) mass is 504 g/mol. The molecule has 1 aliphatic rings. The average Bonchev–Trinajstić information content (AvgIpc) is 3.61. The van der Waals surface area contributed by atoms with Crippen LogP contribution in [0.2, 0.25) is 0 Å². The Kier molecular flexibility index (Phi) is 7.74. The molecular weight excluding hydrogens is 476 g/mol. The smallest absolute Gasteiger partial charge is 0.369 e. The van der Waals surface area contributed by atoms with E-state index < -0.39 is 48.2 Å². The van der Waals surface area contributed by atoms with Gasteiger partial charge in [0.1, 0.15) is 18.3 Å². The fraction of sp³-hybridized carbons (Fsp3) is 0.423. The van der Waals surface area contributed by atoms with Crippen molar-refractivity contribution in [3.05, 3.63) is 59.7 Å². The van der Waals surface area contributed by atoms with Crippen LogP contribution >= 0.6 is 0 Å². The molecular formula is C26H28F4N4O2. The van der Waals surface area contributed by atoms with E-state index in [-0.39, 0.29) is 11.5 Å². The van der Waals surface area contributed by atoms with Gasteiger partial charge in [-0.05, 0) is 48.9 Å². The molecule has 2 amide bonds. The molecule has 0 radical (unpaired) electrons. The van der Waals surface area contributed by atoms with E-state index in [4.69, 9.17) is 11.0 Å². The Hall–Kier alpha value is -3.45. The molecule has 6 nitrogen and oxygen atoms in total. The molecule has 4 N–H and O–H groups in total. The third-order valence-electron chi connectivity index (χ3n) is 6.28. The topological polar surface area (TPSA) is 108 Å². The first-order valence-corrected chi connectivity index (χ1v) is 11.4. The molecule has 0 saturated heterocycles. The fourth-order valence-electron chi connectivity index (χ4n) is 4.20. The van der Waals surface area contributed by atoms with Crippen LogP contribution in [0, 0.1) is 11.3 Å². The number of hydrogen-bond acceptors (Lipinski definition) is 4. The zero-order chi connectivity index (χ0) is 26.7. The number of nitrogens with two attached hydrogens (primary N) is 1. The molecule has 1 fully saturated rings. The summed E-state index contributed by atoms with van der Waals surface area (Å²) in [5.41, 5.74) is 5.02. The molecule has 10 heteroatoms. The maximum atomic E-state index is 14.3. The predicted molar refractivity (Wildman–Crippen MR) is 126 cm³/mol. The number of rotatable bonds is 10. The van der Waals surface area contributed by atoms with Crippen molar-refractivity contribution in [3.8, 4) is 17.2 Å². The van der Waals surface area contributed by atoms with Crippen molar-refractivity contribution < 1.29 is 27.2 Å². The third kappa shape index (κ3) is 6.40. The van der Waals surface area contributed by atoms with Crippen LogP contribution in [0.25, 0.3) is 11.1 Å².